The fraction of sp³-hybridized carbons (Fsp3) is 0.842. The Hall–Kier alpha value is -0.910. The number of piperidine rings is 1. The molecule has 2 aliphatic rings. The normalized spacial score (nSPS) is 23.2. The molecule has 2 rings (SSSR count). The molecule has 0 atom stereocenters. The van der Waals surface area contributed by atoms with E-state index in [0.29, 0.717) is 12.5 Å². The molecule has 138 valence electrons. The number of likely N-dealkylation sites (N-methyl/N-ethyl adjacent to an activating group) is 1. The average molecular weight is 337 g/mol. The van der Waals surface area contributed by atoms with E-state index in [4.69, 9.17) is 0 Å². The standard InChI is InChI=1S/C19H36N4O/c1-4-17(2)15-23-10-6-18(7-11-23)14-20-19(24)16-22-9-5-8-21(3)12-13-22/h4,18H,5-16H2,1-3H3,(H,20,24)/b17-4+. The van der Waals surface area contributed by atoms with Crippen LogP contribution in [0.5, 0.6) is 0 Å². The summed E-state index contributed by atoms with van der Waals surface area (Å²) < 4.78 is 0. The maximum atomic E-state index is 12.2. The molecule has 2 fully saturated rings. The molecule has 2 saturated heterocycles. The molecule has 1 N–H and O–H groups in total. The number of hydrogen-bond donors (Lipinski definition) is 1. The van der Waals surface area contributed by atoms with Gasteiger partial charge in [0.1, 0.15) is 0 Å². The monoisotopic (exact) mass is 336 g/mol. The second kappa shape index (κ2) is 10.2. The van der Waals surface area contributed by atoms with Gasteiger partial charge in [-0.15, -0.1) is 0 Å². The number of rotatable bonds is 6. The topological polar surface area (TPSA) is 38.8 Å². The van der Waals surface area contributed by atoms with Crippen molar-refractivity contribution in [3.05, 3.63) is 11.6 Å². The molecule has 5 nitrogen and oxygen atoms in total. The highest BCUT2D eigenvalue weighted by Crippen LogP contribution is 2.17. The first-order chi connectivity index (χ1) is 11.6. The third-order valence-electron chi connectivity index (χ3n) is 5.44. The largest absolute Gasteiger partial charge is 0.355 e. The lowest BCUT2D eigenvalue weighted by Gasteiger charge is -2.32. The minimum Gasteiger partial charge on any atom is -0.355 e. The summed E-state index contributed by atoms with van der Waals surface area (Å²) in [4.78, 5) is 19.4. The Morgan fingerprint density at radius 3 is 2.46 bits per heavy atom. The molecule has 0 saturated carbocycles. The summed E-state index contributed by atoms with van der Waals surface area (Å²) in [6, 6.07) is 0. The van der Waals surface area contributed by atoms with Crippen LogP contribution in [0.4, 0.5) is 0 Å². The Morgan fingerprint density at radius 1 is 1.04 bits per heavy atom. The van der Waals surface area contributed by atoms with Crippen molar-refractivity contribution < 1.29 is 4.79 Å². The van der Waals surface area contributed by atoms with Crippen LogP contribution in [0.2, 0.25) is 0 Å². The number of nitrogens with one attached hydrogen (secondary N) is 1. The van der Waals surface area contributed by atoms with Crippen molar-refractivity contribution in [1.82, 2.24) is 20.0 Å². The van der Waals surface area contributed by atoms with Gasteiger partial charge in [0.2, 0.25) is 5.91 Å². The highest BCUT2D eigenvalue weighted by Gasteiger charge is 2.20. The first-order valence-electron chi connectivity index (χ1n) is 9.58. The summed E-state index contributed by atoms with van der Waals surface area (Å²) in [7, 11) is 2.16. The van der Waals surface area contributed by atoms with Crippen molar-refractivity contribution in [1.29, 1.82) is 0 Å². The number of carbonyl (C=O) groups excluding carboxylic acids is 1. The van der Waals surface area contributed by atoms with Crippen molar-refractivity contribution in [2.75, 3.05) is 66.0 Å². The molecule has 0 aromatic heterocycles. The maximum Gasteiger partial charge on any atom is 0.234 e. The Bertz CT molecular complexity index is 416. The minimum absolute atomic E-state index is 0.201. The van der Waals surface area contributed by atoms with Gasteiger partial charge in [-0.25, -0.2) is 0 Å². The average Bonchev–Trinajstić information content (AvgIpc) is 2.78. The minimum atomic E-state index is 0.201. The molecule has 0 aromatic carbocycles. The van der Waals surface area contributed by atoms with E-state index in [-0.39, 0.29) is 5.91 Å². The van der Waals surface area contributed by atoms with Gasteiger partial charge in [0.15, 0.2) is 0 Å². The van der Waals surface area contributed by atoms with Gasteiger partial charge in [0, 0.05) is 26.2 Å². The fourth-order valence-corrected chi connectivity index (χ4v) is 3.57. The molecular weight excluding hydrogens is 300 g/mol. The number of amides is 1. The number of allylic oxidation sites excluding steroid dienone is 1. The summed E-state index contributed by atoms with van der Waals surface area (Å²) in [6.07, 6.45) is 5.76. The van der Waals surface area contributed by atoms with Gasteiger partial charge < -0.3 is 10.2 Å². The van der Waals surface area contributed by atoms with E-state index < -0.39 is 0 Å². The predicted molar refractivity (Wildman–Crippen MR) is 100 cm³/mol. The summed E-state index contributed by atoms with van der Waals surface area (Å²) in [5, 5.41) is 3.17. The molecule has 5 heteroatoms. The van der Waals surface area contributed by atoms with E-state index in [9.17, 15) is 4.79 Å². The fourth-order valence-electron chi connectivity index (χ4n) is 3.57. The second-order valence-corrected chi connectivity index (χ2v) is 7.59. The van der Waals surface area contributed by atoms with Gasteiger partial charge in [-0.1, -0.05) is 11.6 Å². The van der Waals surface area contributed by atoms with Crippen LogP contribution in [0.25, 0.3) is 0 Å². The molecule has 2 aliphatic heterocycles. The van der Waals surface area contributed by atoms with Gasteiger partial charge in [-0.2, -0.15) is 0 Å². The van der Waals surface area contributed by atoms with Gasteiger partial charge in [-0.3, -0.25) is 14.6 Å². The van der Waals surface area contributed by atoms with Gasteiger partial charge >= 0.3 is 0 Å². The lowest BCUT2D eigenvalue weighted by molar-refractivity contribution is -0.122. The highest BCUT2D eigenvalue weighted by molar-refractivity contribution is 5.78. The Labute approximate surface area is 148 Å². The highest BCUT2D eigenvalue weighted by atomic mass is 16.2. The summed E-state index contributed by atoms with van der Waals surface area (Å²) >= 11 is 0. The Balaban J connectivity index is 1.61. The SMILES string of the molecule is C/C=C(\C)CN1CCC(CNC(=O)CN2CCCN(C)CC2)CC1. The quantitative estimate of drug-likeness (QED) is 0.745. The molecule has 0 spiro atoms. The zero-order chi connectivity index (χ0) is 17.4. The van der Waals surface area contributed by atoms with E-state index in [1.807, 2.05) is 0 Å². The van der Waals surface area contributed by atoms with Crippen LogP contribution in [0.3, 0.4) is 0 Å². The summed E-state index contributed by atoms with van der Waals surface area (Å²) in [5.41, 5.74) is 1.45. The molecular formula is C19H36N4O. The van der Waals surface area contributed by atoms with Gasteiger partial charge in [0.05, 0.1) is 6.54 Å². The Morgan fingerprint density at radius 2 is 1.75 bits per heavy atom. The van der Waals surface area contributed by atoms with Crippen LogP contribution >= 0.6 is 0 Å². The zero-order valence-corrected chi connectivity index (χ0v) is 15.9. The number of nitrogens with zero attached hydrogens (tertiary/aromatic N) is 3. The first-order valence-corrected chi connectivity index (χ1v) is 9.58. The molecule has 0 radical (unpaired) electrons. The number of carbonyl (C=O) groups is 1. The van der Waals surface area contributed by atoms with Gasteiger partial charge in [0.25, 0.3) is 0 Å². The van der Waals surface area contributed by atoms with Gasteiger partial charge in [-0.05, 0) is 72.3 Å². The van der Waals surface area contributed by atoms with E-state index in [1.54, 1.807) is 0 Å². The maximum absolute atomic E-state index is 12.2. The second-order valence-electron chi connectivity index (χ2n) is 7.59. The number of likely N-dealkylation sites (tertiary alicyclic amines) is 1. The molecule has 0 aromatic rings. The van der Waals surface area contributed by atoms with Crippen molar-refractivity contribution in [2.24, 2.45) is 5.92 Å². The lowest BCUT2D eigenvalue weighted by atomic mass is 9.96. The van der Waals surface area contributed by atoms with Crippen LogP contribution in [0.15, 0.2) is 11.6 Å². The zero-order valence-electron chi connectivity index (χ0n) is 15.9. The van der Waals surface area contributed by atoms with Crippen LogP contribution in [0.1, 0.15) is 33.1 Å². The predicted octanol–water partition coefficient (Wildman–Crippen LogP) is 1.42. The molecule has 1 amide bonds. The third kappa shape index (κ3) is 6.91. The summed E-state index contributed by atoms with van der Waals surface area (Å²) in [5.74, 6) is 0.845. The Kier molecular flexibility index (Phi) is 8.22. The van der Waals surface area contributed by atoms with E-state index >= 15 is 0 Å². The molecule has 0 unspecified atom stereocenters. The lowest BCUT2D eigenvalue weighted by Crippen LogP contribution is -2.43. The van der Waals surface area contributed by atoms with Crippen LogP contribution < -0.4 is 5.32 Å². The smallest absolute Gasteiger partial charge is 0.234 e. The van der Waals surface area contributed by atoms with E-state index in [2.05, 4.69) is 47.0 Å². The van der Waals surface area contributed by atoms with E-state index in [0.717, 1.165) is 58.8 Å². The van der Waals surface area contributed by atoms with Crippen LogP contribution in [-0.4, -0.2) is 86.6 Å². The molecule has 24 heavy (non-hydrogen) atoms. The first kappa shape index (κ1) is 19.4. The molecule has 0 aliphatic carbocycles. The van der Waals surface area contributed by atoms with Crippen LogP contribution in [0, 0.1) is 5.92 Å². The third-order valence-corrected chi connectivity index (χ3v) is 5.44. The van der Waals surface area contributed by atoms with Crippen molar-refractivity contribution in [3.63, 3.8) is 0 Å². The van der Waals surface area contributed by atoms with Crippen molar-refractivity contribution >= 4 is 5.91 Å². The van der Waals surface area contributed by atoms with Crippen LogP contribution in [-0.2, 0) is 4.79 Å². The van der Waals surface area contributed by atoms with Crippen molar-refractivity contribution in [2.45, 2.75) is 33.1 Å². The molecule has 2 heterocycles. The number of hydrogen-bond acceptors (Lipinski definition) is 4. The van der Waals surface area contributed by atoms with Crippen molar-refractivity contribution in [3.8, 4) is 0 Å². The van der Waals surface area contributed by atoms with E-state index in [1.165, 1.54) is 18.4 Å². The summed E-state index contributed by atoms with van der Waals surface area (Å²) in [6.45, 7) is 13.4. The molecule has 0 bridgehead atoms.